The minimum absolute atomic E-state index is 0. The van der Waals surface area contributed by atoms with Crippen molar-refractivity contribution in [2.75, 3.05) is 60.4 Å². The maximum absolute atomic E-state index is 11.6. The third-order valence-electron chi connectivity index (χ3n) is 4.75. The van der Waals surface area contributed by atoms with Crippen LogP contribution in [0.2, 0.25) is 0 Å². The van der Waals surface area contributed by atoms with Crippen LogP contribution in [0.25, 0.3) is 0 Å². The molecule has 0 aromatic heterocycles. The second-order valence-corrected chi connectivity index (χ2v) is 6.77. The molecular formula is C16H33IN6O. The van der Waals surface area contributed by atoms with E-state index in [-0.39, 0.29) is 35.9 Å². The monoisotopic (exact) mass is 452 g/mol. The number of hydrogen-bond donors (Lipinski definition) is 2. The molecule has 2 heterocycles. The molecule has 140 valence electrons. The number of likely N-dealkylation sites (N-methyl/N-ethyl adjacent to an activating group) is 3. The molecule has 0 spiro atoms. The van der Waals surface area contributed by atoms with Gasteiger partial charge < -0.3 is 20.4 Å². The summed E-state index contributed by atoms with van der Waals surface area (Å²) in [6, 6.07) is 0.738. The van der Waals surface area contributed by atoms with E-state index in [1.165, 1.54) is 0 Å². The fourth-order valence-corrected chi connectivity index (χ4v) is 3.14. The Morgan fingerprint density at radius 1 is 1.25 bits per heavy atom. The molecule has 1 amide bonds. The summed E-state index contributed by atoms with van der Waals surface area (Å²) in [5.41, 5.74) is 0. The van der Waals surface area contributed by atoms with Crippen molar-refractivity contribution in [2.24, 2.45) is 4.99 Å². The van der Waals surface area contributed by atoms with Crippen molar-refractivity contribution in [3.63, 3.8) is 0 Å². The predicted octanol–water partition coefficient (Wildman–Crippen LogP) is 0.0261. The number of aliphatic imine (C=N–C) groups is 1. The number of halogens is 1. The van der Waals surface area contributed by atoms with Crippen LogP contribution in [0.4, 0.5) is 0 Å². The number of carbonyl (C=O) groups is 1. The summed E-state index contributed by atoms with van der Waals surface area (Å²) in [5, 5.41) is 6.81. The van der Waals surface area contributed by atoms with Crippen LogP contribution in [0.5, 0.6) is 0 Å². The van der Waals surface area contributed by atoms with Crippen LogP contribution in [0.15, 0.2) is 4.99 Å². The summed E-state index contributed by atoms with van der Waals surface area (Å²) in [5.74, 6) is 1.10. The van der Waals surface area contributed by atoms with Gasteiger partial charge in [-0.05, 0) is 27.4 Å². The lowest BCUT2D eigenvalue weighted by atomic mass is 10.1. The lowest BCUT2D eigenvalue weighted by Gasteiger charge is -2.37. The molecule has 8 heteroatoms. The number of hydrogen-bond acceptors (Lipinski definition) is 4. The predicted molar refractivity (Wildman–Crippen MR) is 109 cm³/mol. The highest BCUT2D eigenvalue weighted by Crippen LogP contribution is 2.10. The van der Waals surface area contributed by atoms with Gasteiger partial charge in [-0.2, -0.15) is 0 Å². The Bertz CT molecular complexity index is 433. The number of nitrogens with one attached hydrogen (secondary N) is 2. The van der Waals surface area contributed by atoms with Gasteiger partial charge in [0.25, 0.3) is 0 Å². The first-order valence-corrected chi connectivity index (χ1v) is 8.67. The minimum Gasteiger partial charge on any atom is -0.357 e. The molecule has 2 atom stereocenters. The molecule has 0 aliphatic carbocycles. The minimum atomic E-state index is 0. The van der Waals surface area contributed by atoms with Gasteiger partial charge in [0.1, 0.15) is 0 Å². The molecular weight excluding hydrogens is 419 g/mol. The number of piperidine rings is 1. The van der Waals surface area contributed by atoms with Gasteiger partial charge in [0.05, 0.1) is 6.54 Å². The number of likely N-dealkylation sites (tertiary alicyclic amines) is 1. The molecule has 0 bridgehead atoms. The van der Waals surface area contributed by atoms with Crippen LogP contribution in [-0.4, -0.2) is 99.1 Å². The van der Waals surface area contributed by atoms with Gasteiger partial charge in [0.2, 0.25) is 5.91 Å². The standard InChI is InChI=1S/C16H32N6O.HI/c1-5-17-16(19-13-6-7-15(23)22(4)11-13)18-10-14-12-20(2)8-9-21(14)3;/h13-14H,5-12H2,1-4H3,(H2,17,18,19);1H. The van der Waals surface area contributed by atoms with E-state index in [2.05, 4.69) is 41.5 Å². The maximum atomic E-state index is 11.6. The van der Waals surface area contributed by atoms with E-state index in [9.17, 15) is 4.79 Å². The highest BCUT2D eigenvalue weighted by atomic mass is 127. The third-order valence-corrected chi connectivity index (χ3v) is 4.75. The molecule has 7 nitrogen and oxygen atoms in total. The summed E-state index contributed by atoms with van der Waals surface area (Å²) in [6.07, 6.45) is 1.49. The Hall–Kier alpha value is -0.610. The van der Waals surface area contributed by atoms with Crippen LogP contribution in [0.3, 0.4) is 0 Å². The number of piperazine rings is 1. The summed E-state index contributed by atoms with van der Waals surface area (Å²) >= 11 is 0. The zero-order valence-electron chi connectivity index (χ0n) is 15.4. The van der Waals surface area contributed by atoms with E-state index >= 15 is 0 Å². The molecule has 0 saturated carbocycles. The SMILES string of the molecule is CCNC(=NCC1CN(C)CCN1C)NC1CCC(=O)N(C)C1.I. The van der Waals surface area contributed by atoms with Gasteiger partial charge in [0, 0.05) is 58.3 Å². The van der Waals surface area contributed by atoms with E-state index in [0.29, 0.717) is 12.5 Å². The number of amides is 1. The number of carbonyl (C=O) groups excluding carboxylic acids is 1. The Morgan fingerprint density at radius 3 is 2.67 bits per heavy atom. The molecule has 2 aliphatic heterocycles. The number of rotatable bonds is 4. The molecule has 2 saturated heterocycles. The smallest absolute Gasteiger partial charge is 0.222 e. The second kappa shape index (κ2) is 10.4. The van der Waals surface area contributed by atoms with Crippen molar-refractivity contribution < 1.29 is 4.79 Å². The molecule has 2 N–H and O–H groups in total. The van der Waals surface area contributed by atoms with Gasteiger partial charge in [-0.3, -0.25) is 14.7 Å². The van der Waals surface area contributed by atoms with E-state index in [0.717, 1.165) is 51.6 Å². The van der Waals surface area contributed by atoms with E-state index in [1.807, 2.05) is 7.05 Å². The van der Waals surface area contributed by atoms with Gasteiger partial charge >= 0.3 is 0 Å². The third kappa shape index (κ3) is 6.36. The Balaban J connectivity index is 0.00000288. The average molecular weight is 452 g/mol. The molecule has 0 aromatic carbocycles. The van der Waals surface area contributed by atoms with Crippen molar-refractivity contribution >= 4 is 35.8 Å². The molecule has 0 aromatic rings. The average Bonchev–Trinajstić information content (AvgIpc) is 2.52. The number of nitrogens with zero attached hydrogens (tertiary/aromatic N) is 4. The van der Waals surface area contributed by atoms with Gasteiger partial charge in [-0.25, -0.2) is 0 Å². The first kappa shape index (κ1) is 21.4. The van der Waals surface area contributed by atoms with Crippen LogP contribution >= 0.6 is 24.0 Å². The highest BCUT2D eigenvalue weighted by molar-refractivity contribution is 14.0. The summed E-state index contributed by atoms with van der Waals surface area (Å²) < 4.78 is 0. The van der Waals surface area contributed by atoms with Crippen molar-refractivity contribution in [2.45, 2.75) is 31.8 Å². The highest BCUT2D eigenvalue weighted by Gasteiger charge is 2.24. The first-order valence-electron chi connectivity index (χ1n) is 8.67. The molecule has 2 fully saturated rings. The molecule has 24 heavy (non-hydrogen) atoms. The topological polar surface area (TPSA) is 63.2 Å². The molecule has 0 radical (unpaired) electrons. The van der Waals surface area contributed by atoms with Crippen molar-refractivity contribution in [3.05, 3.63) is 0 Å². The fraction of sp³-hybridized carbons (Fsp3) is 0.875. The molecule has 2 aliphatic rings. The van der Waals surface area contributed by atoms with Crippen molar-refractivity contribution in [1.29, 1.82) is 0 Å². The van der Waals surface area contributed by atoms with Crippen LogP contribution < -0.4 is 10.6 Å². The zero-order chi connectivity index (χ0) is 16.8. The summed E-state index contributed by atoms with van der Waals surface area (Å²) in [4.78, 5) is 22.9. The fourth-order valence-electron chi connectivity index (χ4n) is 3.14. The molecule has 2 unspecified atom stereocenters. The van der Waals surface area contributed by atoms with E-state index < -0.39 is 0 Å². The maximum Gasteiger partial charge on any atom is 0.222 e. The van der Waals surface area contributed by atoms with Crippen molar-refractivity contribution in [1.82, 2.24) is 25.3 Å². The van der Waals surface area contributed by atoms with Crippen LogP contribution in [0, 0.1) is 0 Å². The lowest BCUT2D eigenvalue weighted by molar-refractivity contribution is -0.132. The summed E-state index contributed by atoms with van der Waals surface area (Å²) in [7, 11) is 6.21. The Kier molecular flexibility index (Phi) is 9.28. The van der Waals surface area contributed by atoms with Crippen molar-refractivity contribution in [3.8, 4) is 0 Å². The normalized spacial score (nSPS) is 26.9. The van der Waals surface area contributed by atoms with E-state index in [4.69, 9.17) is 4.99 Å². The second-order valence-electron chi connectivity index (χ2n) is 6.77. The van der Waals surface area contributed by atoms with Gasteiger partial charge in [-0.1, -0.05) is 0 Å². The first-order chi connectivity index (χ1) is 11.0. The van der Waals surface area contributed by atoms with Crippen LogP contribution in [0.1, 0.15) is 19.8 Å². The zero-order valence-corrected chi connectivity index (χ0v) is 17.7. The Labute approximate surface area is 163 Å². The quantitative estimate of drug-likeness (QED) is 0.358. The number of guanidine groups is 1. The van der Waals surface area contributed by atoms with Gasteiger partial charge in [0.15, 0.2) is 5.96 Å². The Morgan fingerprint density at radius 2 is 2.00 bits per heavy atom. The van der Waals surface area contributed by atoms with Crippen LogP contribution in [-0.2, 0) is 4.79 Å². The summed E-state index contributed by atoms with van der Waals surface area (Å²) in [6.45, 7) is 7.72. The molecule has 2 rings (SSSR count). The lowest BCUT2D eigenvalue weighted by Crippen LogP contribution is -2.53. The van der Waals surface area contributed by atoms with E-state index in [1.54, 1.807) is 4.90 Å². The van der Waals surface area contributed by atoms with Gasteiger partial charge in [-0.15, -0.1) is 24.0 Å². The largest absolute Gasteiger partial charge is 0.357 e.